The van der Waals surface area contributed by atoms with E-state index in [-0.39, 0.29) is 11.2 Å². The van der Waals surface area contributed by atoms with Crippen LogP contribution in [0.5, 0.6) is 0 Å². The van der Waals surface area contributed by atoms with E-state index in [4.69, 9.17) is 0 Å². The predicted octanol–water partition coefficient (Wildman–Crippen LogP) is 1.56. The third-order valence-electron chi connectivity index (χ3n) is 3.08. The van der Waals surface area contributed by atoms with Gasteiger partial charge in [0.05, 0.1) is 9.46 Å². The van der Waals surface area contributed by atoms with Gasteiger partial charge in [0.15, 0.2) is 5.82 Å². The second kappa shape index (κ2) is 5.64. The van der Waals surface area contributed by atoms with Gasteiger partial charge in [0.1, 0.15) is 0 Å². The molecule has 0 atom stereocenters. The fraction of sp³-hybridized carbons (Fsp3) is 0.214. The highest BCUT2D eigenvalue weighted by molar-refractivity contribution is 7.15. The lowest BCUT2D eigenvalue weighted by Gasteiger charge is -1.92. The number of hydrogen-bond acceptors (Lipinski definition) is 6. The summed E-state index contributed by atoms with van der Waals surface area (Å²) >= 11 is 1.23. The summed E-state index contributed by atoms with van der Waals surface area (Å²) in [5.41, 5.74) is 0.344. The van der Waals surface area contributed by atoms with Gasteiger partial charge in [0.2, 0.25) is 4.96 Å². The first kappa shape index (κ1) is 14.3. The van der Waals surface area contributed by atoms with E-state index < -0.39 is 4.92 Å². The van der Waals surface area contributed by atoms with Gasteiger partial charge in [-0.3, -0.25) is 14.9 Å². The van der Waals surface area contributed by atoms with E-state index in [2.05, 4.69) is 10.1 Å². The van der Waals surface area contributed by atoms with Crippen molar-refractivity contribution in [3.8, 4) is 0 Å². The first-order valence-electron chi connectivity index (χ1n) is 6.73. The molecule has 0 saturated heterocycles. The summed E-state index contributed by atoms with van der Waals surface area (Å²) in [6, 6.07) is 6.14. The van der Waals surface area contributed by atoms with Crippen LogP contribution < -0.4 is 10.1 Å². The SMILES string of the molecule is CCCc1nc2s/c(=C\c3cccc([N+](=O)[O-])c3)c(=O)n2n1. The zero-order chi connectivity index (χ0) is 15.7. The molecule has 22 heavy (non-hydrogen) atoms. The fourth-order valence-electron chi connectivity index (χ4n) is 2.08. The average Bonchev–Trinajstić information content (AvgIpc) is 3.00. The molecule has 2 heterocycles. The Morgan fingerprint density at radius 2 is 2.27 bits per heavy atom. The summed E-state index contributed by atoms with van der Waals surface area (Å²) < 4.78 is 1.75. The van der Waals surface area contributed by atoms with Crippen LogP contribution >= 0.6 is 11.3 Å². The van der Waals surface area contributed by atoms with Crippen LogP contribution in [-0.4, -0.2) is 19.5 Å². The molecule has 8 heteroatoms. The van der Waals surface area contributed by atoms with Crippen LogP contribution in [0.2, 0.25) is 0 Å². The molecular weight excluding hydrogens is 304 g/mol. The highest BCUT2D eigenvalue weighted by Crippen LogP contribution is 2.13. The van der Waals surface area contributed by atoms with Gasteiger partial charge in [-0.05, 0) is 18.1 Å². The third-order valence-corrected chi connectivity index (χ3v) is 4.04. The number of benzene rings is 1. The van der Waals surface area contributed by atoms with Gasteiger partial charge in [-0.2, -0.15) is 4.52 Å². The number of thiazole rings is 1. The minimum Gasteiger partial charge on any atom is -0.266 e. The highest BCUT2D eigenvalue weighted by atomic mass is 32.1. The maximum Gasteiger partial charge on any atom is 0.291 e. The molecule has 0 spiro atoms. The van der Waals surface area contributed by atoms with Crippen molar-refractivity contribution in [2.75, 3.05) is 0 Å². The van der Waals surface area contributed by atoms with E-state index in [9.17, 15) is 14.9 Å². The Hall–Kier alpha value is -2.61. The van der Waals surface area contributed by atoms with E-state index in [0.717, 1.165) is 12.8 Å². The highest BCUT2D eigenvalue weighted by Gasteiger charge is 2.10. The van der Waals surface area contributed by atoms with Gasteiger partial charge < -0.3 is 0 Å². The van der Waals surface area contributed by atoms with Crippen LogP contribution in [0, 0.1) is 10.1 Å². The first-order valence-corrected chi connectivity index (χ1v) is 7.55. The Balaban J connectivity index is 2.08. The number of hydrogen-bond donors (Lipinski definition) is 0. The van der Waals surface area contributed by atoms with Crippen molar-refractivity contribution in [3.05, 3.63) is 60.7 Å². The summed E-state index contributed by atoms with van der Waals surface area (Å²) in [5.74, 6) is 0.660. The number of non-ortho nitro benzene ring substituents is 1. The fourth-order valence-corrected chi connectivity index (χ4v) is 3.01. The van der Waals surface area contributed by atoms with Crippen molar-refractivity contribution in [3.63, 3.8) is 0 Å². The van der Waals surface area contributed by atoms with Gasteiger partial charge in [-0.25, -0.2) is 4.98 Å². The van der Waals surface area contributed by atoms with E-state index in [1.807, 2.05) is 6.92 Å². The van der Waals surface area contributed by atoms with Crippen LogP contribution in [0.15, 0.2) is 29.1 Å². The number of nitro groups is 1. The molecule has 3 aromatic rings. The first-order chi connectivity index (χ1) is 10.6. The van der Waals surface area contributed by atoms with Gasteiger partial charge >= 0.3 is 0 Å². The molecule has 0 saturated carbocycles. The molecule has 0 aliphatic heterocycles. The molecule has 0 fully saturated rings. The lowest BCUT2D eigenvalue weighted by molar-refractivity contribution is -0.384. The minimum absolute atomic E-state index is 0.00844. The Bertz CT molecular complexity index is 960. The van der Waals surface area contributed by atoms with E-state index in [1.165, 1.54) is 28.0 Å². The van der Waals surface area contributed by atoms with Crippen molar-refractivity contribution in [1.29, 1.82) is 0 Å². The number of aryl methyl sites for hydroxylation is 1. The number of fused-ring (bicyclic) bond motifs is 1. The summed E-state index contributed by atoms with van der Waals surface area (Å²) in [5, 5.41) is 15.0. The van der Waals surface area contributed by atoms with E-state index in [1.54, 1.807) is 18.2 Å². The normalized spacial score (nSPS) is 12.1. The van der Waals surface area contributed by atoms with E-state index in [0.29, 0.717) is 20.9 Å². The smallest absolute Gasteiger partial charge is 0.266 e. The van der Waals surface area contributed by atoms with E-state index >= 15 is 0 Å². The van der Waals surface area contributed by atoms with Crippen molar-refractivity contribution in [2.24, 2.45) is 0 Å². The van der Waals surface area contributed by atoms with Crippen LogP contribution in [0.3, 0.4) is 0 Å². The standard InChI is InChI=1S/C14H12N4O3S/c1-2-4-12-15-14-17(16-12)13(19)11(22-14)8-9-5-3-6-10(7-9)18(20)21/h3,5-8H,2,4H2,1H3/b11-8-. The minimum atomic E-state index is -0.463. The molecule has 0 N–H and O–H groups in total. The van der Waals surface area contributed by atoms with Crippen LogP contribution in [-0.2, 0) is 6.42 Å². The Morgan fingerprint density at radius 1 is 1.45 bits per heavy atom. The molecule has 2 aromatic heterocycles. The molecular formula is C14H12N4O3S. The van der Waals surface area contributed by atoms with Crippen molar-refractivity contribution in [2.45, 2.75) is 19.8 Å². The number of aromatic nitrogens is 3. The van der Waals surface area contributed by atoms with Crippen LogP contribution in [0.25, 0.3) is 11.0 Å². The molecule has 0 aliphatic rings. The largest absolute Gasteiger partial charge is 0.291 e. The average molecular weight is 316 g/mol. The Morgan fingerprint density at radius 3 is 2.95 bits per heavy atom. The maximum absolute atomic E-state index is 12.3. The van der Waals surface area contributed by atoms with Crippen LogP contribution in [0.1, 0.15) is 24.7 Å². The summed E-state index contributed by atoms with van der Waals surface area (Å²) in [4.78, 5) is 27.5. The summed E-state index contributed by atoms with van der Waals surface area (Å²) in [6.45, 7) is 2.02. The Kier molecular flexibility index (Phi) is 3.68. The second-order valence-electron chi connectivity index (χ2n) is 4.74. The molecule has 0 radical (unpaired) electrons. The number of rotatable bonds is 4. The third kappa shape index (κ3) is 2.60. The predicted molar refractivity (Wildman–Crippen MR) is 83.0 cm³/mol. The lowest BCUT2D eigenvalue weighted by Crippen LogP contribution is -2.23. The monoisotopic (exact) mass is 316 g/mol. The van der Waals surface area contributed by atoms with Gasteiger partial charge in [-0.1, -0.05) is 30.4 Å². The molecule has 0 amide bonds. The quantitative estimate of drug-likeness (QED) is 0.538. The topological polar surface area (TPSA) is 90.4 Å². The summed E-state index contributed by atoms with van der Waals surface area (Å²) in [7, 11) is 0. The van der Waals surface area contributed by atoms with Gasteiger partial charge in [0.25, 0.3) is 11.2 Å². The zero-order valence-electron chi connectivity index (χ0n) is 11.7. The van der Waals surface area contributed by atoms with Gasteiger partial charge in [-0.15, -0.1) is 5.10 Å². The Labute approximate surface area is 128 Å². The molecule has 0 bridgehead atoms. The molecule has 7 nitrogen and oxygen atoms in total. The number of nitrogens with zero attached hydrogens (tertiary/aromatic N) is 4. The molecule has 3 rings (SSSR count). The zero-order valence-corrected chi connectivity index (χ0v) is 12.5. The van der Waals surface area contributed by atoms with Gasteiger partial charge in [0, 0.05) is 18.6 Å². The maximum atomic E-state index is 12.3. The van der Waals surface area contributed by atoms with Crippen LogP contribution in [0.4, 0.5) is 5.69 Å². The summed E-state index contributed by atoms with van der Waals surface area (Å²) in [6.07, 6.45) is 3.27. The second-order valence-corrected chi connectivity index (χ2v) is 5.75. The molecule has 0 aliphatic carbocycles. The van der Waals surface area contributed by atoms with Crippen molar-refractivity contribution < 1.29 is 4.92 Å². The van der Waals surface area contributed by atoms with Crippen molar-refractivity contribution in [1.82, 2.24) is 14.6 Å². The molecule has 0 unspecified atom stereocenters. The van der Waals surface area contributed by atoms with Crippen molar-refractivity contribution >= 4 is 28.1 Å². The molecule has 112 valence electrons. The molecule has 1 aromatic carbocycles. The lowest BCUT2D eigenvalue weighted by atomic mass is 10.2. The number of nitro benzene ring substituents is 1.